The molecule has 1 aromatic carbocycles. The largest absolute Gasteiger partial charge is 0.508 e. The Kier molecular flexibility index (Phi) is 5.09. The quantitative estimate of drug-likeness (QED) is 0.887. The summed E-state index contributed by atoms with van der Waals surface area (Å²) < 4.78 is 0. The fraction of sp³-hybridized carbons (Fsp3) is 0.353. The van der Waals surface area contributed by atoms with Gasteiger partial charge in [-0.3, -0.25) is 4.79 Å². The first-order chi connectivity index (χ1) is 10.5. The number of hydrogen-bond acceptors (Lipinski definition) is 4. The number of benzene rings is 1. The molecule has 5 nitrogen and oxygen atoms in total. The maximum Gasteiger partial charge on any atom is 0.228 e. The van der Waals surface area contributed by atoms with E-state index in [1.54, 1.807) is 30.5 Å². The van der Waals surface area contributed by atoms with Crippen molar-refractivity contribution in [1.29, 1.82) is 0 Å². The molecule has 0 fully saturated rings. The van der Waals surface area contributed by atoms with Crippen LogP contribution in [0.1, 0.15) is 32.9 Å². The third-order valence-electron chi connectivity index (χ3n) is 3.64. The Labute approximate surface area is 130 Å². The van der Waals surface area contributed by atoms with Gasteiger partial charge in [0.2, 0.25) is 5.91 Å². The highest BCUT2D eigenvalue weighted by molar-refractivity contribution is 5.91. The standard InChI is InChI=1S/C17H21N3O2/c1-4-11(3)17(22)20-16-14(5-2)19-15(10-18-16)12-6-8-13(21)9-7-12/h6-11,21H,4-5H2,1-3H3,(H,18,20,22). The van der Waals surface area contributed by atoms with Crippen LogP contribution in [-0.4, -0.2) is 21.0 Å². The molecule has 5 heteroatoms. The van der Waals surface area contributed by atoms with Crippen LogP contribution in [-0.2, 0) is 11.2 Å². The first kappa shape index (κ1) is 15.9. The number of phenolic OH excluding ortho intramolecular Hbond substituents is 1. The Hall–Kier alpha value is -2.43. The van der Waals surface area contributed by atoms with Crippen LogP contribution >= 0.6 is 0 Å². The summed E-state index contributed by atoms with van der Waals surface area (Å²) in [6.07, 6.45) is 3.10. The van der Waals surface area contributed by atoms with E-state index >= 15 is 0 Å². The molecule has 2 aromatic rings. The Balaban J connectivity index is 2.28. The second-order valence-electron chi connectivity index (χ2n) is 5.25. The van der Waals surface area contributed by atoms with Gasteiger partial charge in [0.1, 0.15) is 5.75 Å². The molecule has 0 radical (unpaired) electrons. The maximum absolute atomic E-state index is 12.0. The minimum absolute atomic E-state index is 0.0381. The predicted molar refractivity (Wildman–Crippen MR) is 86.6 cm³/mol. The number of nitrogens with one attached hydrogen (secondary N) is 1. The first-order valence-electron chi connectivity index (χ1n) is 7.51. The number of aryl methyl sites for hydroxylation is 1. The van der Waals surface area contributed by atoms with E-state index in [0.29, 0.717) is 12.2 Å². The Morgan fingerprint density at radius 3 is 2.55 bits per heavy atom. The van der Waals surface area contributed by atoms with Gasteiger partial charge in [0.05, 0.1) is 17.6 Å². The molecule has 116 valence electrons. The summed E-state index contributed by atoms with van der Waals surface area (Å²) in [4.78, 5) is 20.9. The number of anilines is 1. The van der Waals surface area contributed by atoms with Crippen molar-refractivity contribution in [3.63, 3.8) is 0 Å². The number of aromatic nitrogens is 2. The molecule has 0 spiro atoms. The number of rotatable bonds is 5. The van der Waals surface area contributed by atoms with E-state index in [1.807, 2.05) is 20.8 Å². The van der Waals surface area contributed by atoms with Gasteiger partial charge in [0.15, 0.2) is 5.82 Å². The van der Waals surface area contributed by atoms with Crippen LogP contribution in [0.5, 0.6) is 5.75 Å². The Bertz CT molecular complexity index is 653. The molecule has 22 heavy (non-hydrogen) atoms. The fourth-order valence-corrected chi connectivity index (χ4v) is 1.97. The van der Waals surface area contributed by atoms with Gasteiger partial charge in [-0.25, -0.2) is 9.97 Å². The van der Waals surface area contributed by atoms with Crippen LogP contribution in [0.2, 0.25) is 0 Å². The van der Waals surface area contributed by atoms with Crippen LogP contribution < -0.4 is 5.32 Å². The van der Waals surface area contributed by atoms with E-state index in [1.165, 1.54) is 0 Å². The lowest BCUT2D eigenvalue weighted by Gasteiger charge is -2.12. The van der Waals surface area contributed by atoms with Crippen molar-refractivity contribution in [3.8, 4) is 17.0 Å². The number of carbonyl (C=O) groups excluding carboxylic acids is 1. The summed E-state index contributed by atoms with van der Waals surface area (Å²) in [5.41, 5.74) is 2.35. The lowest BCUT2D eigenvalue weighted by Crippen LogP contribution is -2.21. The number of amides is 1. The monoisotopic (exact) mass is 299 g/mol. The van der Waals surface area contributed by atoms with E-state index < -0.39 is 0 Å². The van der Waals surface area contributed by atoms with E-state index in [9.17, 15) is 9.90 Å². The Morgan fingerprint density at radius 1 is 1.27 bits per heavy atom. The highest BCUT2D eigenvalue weighted by Gasteiger charge is 2.14. The maximum atomic E-state index is 12.0. The zero-order valence-electron chi connectivity index (χ0n) is 13.1. The molecule has 0 aliphatic rings. The van der Waals surface area contributed by atoms with E-state index in [2.05, 4.69) is 15.3 Å². The van der Waals surface area contributed by atoms with Crippen molar-refractivity contribution < 1.29 is 9.90 Å². The number of aromatic hydroxyl groups is 1. The molecule has 0 aliphatic heterocycles. The average Bonchev–Trinajstić information content (AvgIpc) is 2.55. The molecule has 0 bridgehead atoms. The van der Waals surface area contributed by atoms with Gasteiger partial charge >= 0.3 is 0 Å². The van der Waals surface area contributed by atoms with Gasteiger partial charge in [0.25, 0.3) is 0 Å². The van der Waals surface area contributed by atoms with Crippen molar-refractivity contribution >= 4 is 11.7 Å². The SMILES string of the molecule is CCc1nc(-c2ccc(O)cc2)cnc1NC(=O)C(C)CC. The number of phenols is 1. The molecule has 0 saturated carbocycles. The van der Waals surface area contributed by atoms with Gasteiger partial charge < -0.3 is 10.4 Å². The van der Waals surface area contributed by atoms with Gasteiger partial charge in [-0.15, -0.1) is 0 Å². The van der Waals surface area contributed by atoms with Crippen LogP contribution in [0.25, 0.3) is 11.3 Å². The first-order valence-corrected chi connectivity index (χ1v) is 7.51. The van der Waals surface area contributed by atoms with Crippen molar-refractivity contribution in [3.05, 3.63) is 36.2 Å². The van der Waals surface area contributed by atoms with Gasteiger partial charge in [0, 0.05) is 11.5 Å². The van der Waals surface area contributed by atoms with Gasteiger partial charge in [-0.05, 0) is 37.1 Å². The van der Waals surface area contributed by atoms with Crippen LogP contribution in [0.4, 0.5) is 5.82 Å². The highest BCUT2D eigenvalue weighted by atomic mass is 16.3. The van der Waals surface area contributed by atoms with Crippen LogP contribution in [0, 0.1) is 5.92 Å². The summed E-state index contributed by atoms with van der Waals surface area (Å²) in [5.74, 6) is 0.646. The summed E-state index contributed by atoms with van der Waals surface area (Å²) in [6.45, 7) is 5.84. The molecular weight excluding hydrogens is 278 g/mol. The minimum Gasteiger partial charge on any atom is -0.508 e. The van der Waals surface area contributed by atoms with E-state index in [4.69, 9.17) is 0 Å². The molecule has 1 unspecified atom stereocenters. The van der Waals surface area contributed by atoms with Crippen molar-refractivity contribution in [1.82, 2.24) is 9.97 Å². The fourth-order valence-electron chi connectivity index (χ4n) is 1.97. The number of nitrogens with zero attached hydrogens (tertiary/aromatic N) is 2. The molecule has 1 aromatic heterocycles. The average molecular weight is 299 g/mol. The molecule has 1 amide bonds. The lowest BCUT2D eigenvalue weighted by atomic mass is 10.1. The Morgan fingerprint density at radius 2 is 1.95 bits per heavy atom. The van der Waals surface area contributed by atoms with Crippen molar-refractivity contribution in [2.24, 2.45) is 5.92 Å². The topological polar surface area (TPSA) is 75.1 Å². The summed E-state index contributed by atoms with van der Waals surface area (Å²) in [6, 6.07) is 6.80. The molecular formula is C17H21N3O2. The van der Waals surface area contributed by atoms with E-state index in [-0.39, 0.29) is 17.6 Å². The number of carbonyl (C=O) groups is 1. The molecule has 1 heterocycles. The zero-order chi connectivity index (χ0) is 16.1. The summed E-state index contributed by atoms with van der Waals surface area (Å²) in [5, 5.41) is 12.2. The molecule has 2 N–H and O–H groups in total. The van der Waals surface area contributed by atoms with Crippen molar-refractivity contribution in [2.45, 2.75) is 33.6 Å². The van der Waals surface area contributed by atoms with Gasteiger partial charge in [-0.2, -0.15) is 0 Å². The van der Waals surface area contributed by atoms with Gasteiger partial charge in [-0.1, -0.05) is 20.8 Å². The lowest BCUT2D eigenvalue weighted by molar-refractivity contribution is -0.119. The predicted octanol–water partition coefficient (Wildman–Crippen LogP) is 3.40. The van der Waals surface area contributed by atoms with Crippen LogP contribution in [0.3, 0.4) is 0 Å². The van der Waals surface area contributed by atoms with E-state index in [0.717, 1.165) is 23.4 Å². The molecule has 2 rings (SSSR count). The molecule has 0 saturated heterocycles. The second kappa shape index (κ2) is 7.02. The molecule has 1 atom stereocenters. The van der Waals surface area contributed by atoms with Crippen LogP contribution in [0.15, 0.2) is 30.5 Å². The van der Waals surface area contributed by atoms with Crippen molar-refractivity contribution in [2.75, 3.05) is 5.32 Å². The third-order valence-corrected chi connectivity index (χ3v) is 3.64. The summed E-state index contributed by atoms with van der Waals surface area (Å²) in [7, 11) is 0. The normalized spacial score (nSPS) is 12.0. The molecule has 0 aliphatic carbocycles. The summed E-state index contributed by atoms with van der Waals surface area (Å²) >= 11 is 0. The number of hydrogen-bond donors (Lipinski definition) is 2. The third kappa shape index (κ3) is 3.61. The second-order valence-corrected chi connectivity index (χ2v) is 5.25. The zero-order valence-corrected chi connectivity index (χ0v) is 13.1. The highest BCUT2D eigenvalue weighted by Crippen LogP contribution is 2.22. The minimum atomic E-state index is -0.0525. The smallest absolute Gasteiger partial charge is 0.228 e.